The number of hydrogen-bond acceptors (Lipinski definition) is 3. The van der Waals surface area contributed by atoms with Gasteiger partial charge in [0, 0.05) is 29.1 Å². The first-order valence-corrected chi connectivity index (χ1v) is 6.23. The van der Waals surface area contributed by atoms with E-state index < -0.39 is 0 Å². The van der Waals surface area contributed by atoms with Gasteiger partial charge in [-0.15, -0.1) is 0 Å². The van der Waals surface area contributed by atoms with Gasteiger partial charge >= 0.3 is 0 Å². The van der Waals surface area contributed by atoms with Gasteiger partial charge in [-0.25, -0.2) is 0 Å². The van der Waals surface area contributed by atoms with Gasteiger partial charge in [-0.3, -0.25) is 4.99 Å². The second kappa shape index (κ2) is 5.39. The lowest BCUT2D eigenvalue weighted by Gasteiger charge is -2.19. The second-order valence-corrected chi connectivity index (χ2v) is 5.13. The lowest BCUT2D eigenvalue weighted by molar-refractivity contribution is 0.0478. The highest BCUT2D eigenvalue weighted by molar-refractivity contribution is 6.11. The molecule has 0 spiro atoms. The fourth-order valence-corrected chi connectivity index (χ4v) is 2.27. The number of nitrogens with zero attached hydrogens (tertiary/aromatic N) is 2. The molecular formula is C9H20N2OSi. The van der Waals surface area contributed by atoms with E-state index in [0.29, 0.717) is 11.8 Å². The van der Waals surface area contributed by atoms with Crippen molar-refractivity contribution in [1.29, 1.82) is 0 Å². The molecule has 0 saturated carbocycles. The normalized spacial score (nSPS) is 18.8. The van der Waals surface area contributed by atoms with Crippen LogP contribution in [0.3, 0.4) is 0 Å². The van der Waals surface area contributed by atoms with Crippen LogP contribution in [0.1, 0.15) is 20.3 Å². The summed E-state index contributed by atoms with van der Waals surface area (Å²) in [6, 6.07) is 0. The summed E-state index contributed by atoms with van der Waals surface area (Å²) in [4.78, 5) is 6.45. The topological polar surface area (TPSA) is 24.8 Å². The Kier molecular flexibility index (Phi) is 4.45. The van der Waals surface area contributed by atoms with E-state index in [1.54, 1.807) is 0 Å². The summed E-state index contributed by atoms with van der Waals surface area (Å²) in [5.74, 6) is 0. The Morgan fingerprint density at radius 3 is 2.92 bits per heavy atom. The highest BCUT2D eigenvalue weighted by Crippen LogP contribution is 2.02. The van der Waals surface area contributed by atoms with Crippen molar-refractivity contribution in [3.63, 3.8) is 0 Å². The number of rotatable bonds is 5. The van der Waals surface area contributed by atoms with E-state index in [1.807, 2.05) is 6.34 Å². The lowest BCUT2D eigenvalue weighted by atomic mass is 10.4. The largest absolute Gasteiger partial charge is 0.380 e. The standard InChI is InChI=1S/C9H20N2OSi/c1-8(2)12-9(13)3-5-11-6-4-10-7-11/h7-9H,3-6H2,1-2,13H3. The van der Waals surface area contributed by atoms with Gasteiger partial charge in [-0.1, -0.05) is 0 Å². The molecule has 0 aliphatic carbocycles. The van der Waals surface area contributed by atoms with Gasteiger partial charge in [0.05, 0.1) is 19.0 Å². The van der Waals surface area contributed by atoms with Gasteiger partial charge in [0.25, 0.3) is 0 Å². The van der Waals surface area contributed by atoms with Crippen molar-refractivity contribution >= 4 is 16.6 Å². The molecule has 76 valence electrons. The SMILES string of the molecule is CC(C)OC([SiH3])CCN1C=NCC1. The summed E-state index contributed by atoms with van der Waals surface area (Å²) in [5.41, 5.74) is 0.494. The Bertz CT molecular complexity index is 173. The predicted molar refractivity (Wildman–Crippen MR) is 59.5 cm³/mol. The number of aliphatic imine (C=N–C) groups is 1. The molecule has 13 heavy (non-hydrogen) atoms. The van der Waals surface area contributed by atoms with E-state index in [0.717, 1.165) is 36.3 Å². The average Bonchev–Trinajstić information content (AvgIpc) is 2.51. The molecule has 1 atom stereocenters. The van der Waals surface area contributed by atoms with Crippen molar-refractivity contribution in [2.75, 3.05) is 19.6 Å². The number of hydrogen-bond donors (Lipinski definition) is 0. The molecule has 0 aromatic heterocycles. The first-order chi connectivity index (χ1) is 6.18. The first kappa shape index (κ1) is 10.7. The third-order valence-corrected chi connectivity index (χ3v) is 2.94. The first-order valence-electron chi connectivity index (χ1n) is 5.08. The van der Waals surface area contributed by atoms with Crippen LogP contribution in [0.2, 0.25) is 0 Å². The van der Waals surface area contributed by atoms with Gasteiger partial charge < -0.3 is 9.64 Å². The minimum atomic E-state index is 0.370. The van der Waals surface area contributed by atoms with Crippen molar-refractivity contribution in [3.8, 4) is 0 Å². The smallest absolute Gasteiger partial charge is 0.0851 e. The summed E-state index contributed by atoms with van der Waals surface area (Å²) in [6.07, 6.45) is 3.48. The van der Waals surface area contributed by atoms with Crippen LogP contribution in [0.15, 0.2) is 4.99 Å². The Balaban J connectivity index is 2.07. The lowest BCUT2D eigenvalue weighted by Crippen LogP contribution is -2.27. The quantitative estimate of drug-likeness (QED) is 0.576. The van der Waals surface area contributed by atoms with Crippen LogP contribution in [0.25, 0.3) is 0 Å². The zero-order chi connectivity index (χ0) is 9.68. The maximum absolute atomic E-state index is 5.70. The molecule has 1 aliphatic heterocycles. The van der Waals surface area contributed by atoms with E-state index >= 15 is 0 Å². The van der Waals surface area contributed by atoms with Crippen LogP contribution < -0.4 is 0 Å². The minimum absolute atomic E-state index is 0.370. The van der Waals surface area contributed by atoms with Crippen LogP contribution in [0.5, 0.6) is 0 Å². The average molecular weight is 200 g/mol. The Hall–Kier alpha value is -0.353. The summed E-state index contributed by atoms with van der Waals surface area (Å²) in [6.45, 7) is 7.36. The summed E-state index contributed by atoms with van der Waals surface area (Å²) in [7, 11) is 1.12. The van der Waals surface area contributed by atoms with E-state index in [4.69, 9.17) is 4.74 Å². The van der Waals surface area contributed by atoms with Gasteiger partial charge in [0.2, 0.25) is 0 Å². The van der Waals surface area contributed by atoms with Crippen molar-refractivity contribution in [2.45, 2.75) is 32.1 Å². The third kappa shape index (κ3) is 4.43. The Labute approximate surface area is 83.6 Å². The Morgan fingerprint density at radius 2 is 2.38 bits per heavy atom. The molecule has 0 bridgehead atoms. The molecule has 0 fully saturated rings. The molecule has 1 heterocycles. The Morgan fingerprint density at radius 1 is 1.62 bits per heavy atom. The maximum Gasteiger partial charge on any atom is 0.0851 e. The maximum atomic E-state index is 5.70. The van der Waals surface area contributed by atoms with Crippen molar-refractivity contribution < 1.29 is 4.74 Å². The van der Waals surface area contributed by atoms with E-state index in [9.17, 15) is 0 Å². The summed E-state index contributed by atoms with van der Waals surface area (Å²) in [5, 5.41) is 0. The van der Waals surface area contributed by atoms with Crippen LogP contribution in [0.4, 0.5) is 0 Å². The monoisotopic (exact) mass is 200 g/mol. The minimum Gasteiger partial charge on any atom is -0.380 e. The van der Waals surface area contributed by atoms with Crippen LogP contribution in [0, 0.1) is 0 Å². The van der Waals surface area contributed by atoms with Gasteiger partial charge in [0.15, 0.2) is 0 Å². The highest BCUT2D eigenvalue weighted by Gasteiger charge is 2.09. The zero-order valence-corrected chi connectivity index (χ0v) is 10.9. The fourth-order valence-electron chi connectivity index (χ4n) is 1.47. The summed E-state index contributed by atoms with van der Waals surface area (Å²) >= 11 is 0. The van der Waals surface area contributed by atoms with Gasteiger partial charge in [-0.2, -0.15) is 0 Å². The molecule has 4 heteroatoms. The van der Waals surface area contributed by atoms with Crippen LogP contribution >= 0.6 is 0 Å². The van der Waals surface area contributed by atoms with E-state index in [1.165, 1.54) is 0 Å². The molecular weight excluding hydrogens is 180 g/mol. The molecule has 0 aromatic carbocycles. The molecule has 0 radical (unpaired) electrons. The van der Waals surface area contributed by atoms with Crippen molar-refractivity contribution in [1.82, 2.24) is 4.90 Å². The molecule has 1 aliphatic rings. The fraction of sp³-hybridized carbons (Fsp3) is 0.889. The van der Waals surface area contributed by atoms with Crippen molar-refractivity contribution in [2.24, 2.45) is 4.99 Å². The van der Waals surface area contributed by atoms with Crippen molar-refractivity contribution in [3.05, 3.63) is 0 Å². The predicted octanol–water partition coefficient (Wildman–Crippen LogP) is -0.163. The molecule has 0 saturated heterocycles. The molecule has 0 aromatic rings. The summed E-state index contributed by atoms with van der Waals surface area (Å²) < 4.78 is 5.70. The highest BCUT2D eigenvalue weighted by atomic mass is 28.1. The molecule has 0 N–H and O–H groups in total. The van der Waals surface area contributed by atoms with Crippen LogP contribution in [-0.2, 0) is 4.74 Å². The third-order valence-electron chi connectivity index (χ3n) is 2.09. The molecule has 1 unspecified atom stereocenters. The van der Waals surface area contributed by atoms with Gasteiger partial charge in [-0.05, 0) is 20.3 Å². The molecule has 0 amide bonds. The second-order valence-electron chi connectivity index (χ2n) is 3.84. The molecule has 1 rings (SSSR count). The number of ether oxygens (including phenoxy) is 1. The van der Waals surface area contributed by atoms with Gasteiger partial charge in [0.1, 0.15) is 0 Å². The van der Waals surface area contributed by atoms with E-state index in [2.05, 4.69) is 23.7 Å². The van der Waals surface area contributed by atoms with E-state index in [-0.39, 0.29) is 0 Å². The van der Waals surface area contributed by atoms with Crippen LogP contribution in [-0.4, -0.2) is 52.9 Å². The zero-order valence-electron chi connectivity index (χ0n) is 8.86. The molecule has 3 nitrogen and oxygen atoms in total.